The van der Waals surface area contributed by atoms with E-state index >= 15 is 0 Å². The third-order valence-electron chi connectivity index (χ3n) is 3.73. The molecule has 2 aromatic carbocycles. The summed E-state index contributed by atoms with van der Waals surface area (Å²) in [4.78, 5) is 24.0. The molecule has 138 valence electrons. The summed E-state index contributed by atoms with van der Waals surface area (Å²) < 4.78 is 10.6. The van der Waals surface area contributed by atoms with E-state index in [2.05, 4.69) is 15.5 Å². The normalized spacial score (nSPS) is 11.6. The Kier molecular flexibility index (Phi) is 5.94. The number of carbonyl (C=O) groups is 2. The molecule has 7 heteroatoms. The van der Waals surface area contributed by atoms with Gasteiger partial charge in [-0.25, -0.2) is 0 Å². The Bertz CT molecular complexity index is 894. The van der Waals surface area contributed by atoms with Gasteiger partial charge in [0.1, 0.15) is 0 Å². The van der Waals surface area contributed by atoms with Crippen LogP contribution in [0.2, 0.25) is 0 Å². The maximum atomic E-state index is 12.1. The molecule has 0 spiro atoms. The van der Waals surface area contributed by atoms with E-state index in [1.807, 2.05) is 36.4 Å². The Labute approximate surface area is 156 Å². The van der Waals surface area contributed by atoms with E-state index in [4.69, 9.17) is 9.15 Å². The zero-order chi connectivity index (χ0) is 19.1. The van der Waals surface area contributed by atoms with Gasteiger partial charge in [0.15, 0.2) is 6.61 Å². The average molecular weight is 365 g/mol. The molecule has 7 nitrogen and oxygen atoms in total. The van der Waals surface area contributed by atoms with E-state index in [0.29, 0.717) is 11.5 Å². The van der Waals surface area contributed by atoms with Crippen LogP contribution >= 0.6 is 0 Å². The minimum atomic E-state index is -0.463. The summed E-state index contributed by atoms with van der Waals surface area (Å²) in [6.45, 7) is 1.63. The second-order valence-electron chi connectivity index (χ2n) is 5.97. The molecule has 0 saturated carbocycles. The summed E-state index contributed by atoms with van der Waals surface area (Å²) >= 11 is 0. The smallest absolute Gasteiger partial charge is 0.308 e. The van der Waals surface area contributed by atoms with Gasteiger partial charge in [0.25, 0.3) is 11.8 Å². The van der Waals surface area contributed by atoms with Gasteiger partial charge < -0.3 is 14.5 Å². The lowest BCUT2D eigenvalue weighted by molar-refractivity contribution is -0.146. The summed E-state index contributed by atoms with van der Waals surface area (Å²) in [5.41, 5.74) is 1.33. The van der Waals surface area contributed by atoms with Crippen LogP contribution in [0.1, 0.15) is 29.6 Å². The van der Waals surface area contributed by atoms with Crippen LogP contribution in [-0.4, -0.2) is 28.1 Å². The van der Waals surface area contributed by atoms with Crippen molar-refractivity contribution < 1.29 is 18.7 Å². The van der Waals surface area contributed by atoms with E-state index in [-0.39, 0.29) is 30.9 Å². The number of nitrogens with one attached hydrogen (secondary N) is 1. The topological polar surface area (TPSA) is 94.3 Å². The monoisotopic (exact) mass is 365 g/mol. The first kappa shape index (κ1) is 18.3. The summed E-state index contributed by atoms with van der Waals surface area (Å²) in [6.07, 6.45) is 0.0399. The van der Waals surface area contributed by atoms with Crippen molar-refractivity contribution in [1.29, 1.82) is 0 Å². The van der Waals surface area contributed by atoms with Crippen molar-refractivity contribution in [2.24, 2.45) is 0 Å². The highest BCUT2D eigenvalue weighted by molar-refractivity contribution is 5.94. The first-order chi connectivity index (χ1) is 13.1. The molecular formula is C20H19N3O4. The molecule has 3 rings (SSSR count). The molecule has 27 heavy (non-hydrogen) atoms. The van der Waals surface area contributed by atoms with Gasteiger partial charge >= 0.3 is 5.97 Å². The maximum Gasteiger partial charge on any atom is 0.308 e. The van der Waals surface area contributed by atoms with Gasteiger partial charge in [-0.15, -0.1) is 10.2 Å². The van der Waals surface area contributed by atoms with Crippen molar-refractivity contribution in [1.82, 2.24) is 15.5 Å². The van der Waals surface area contributed by atoms with E-state index < -0.39 is 5.97 Å². The fourth-order valence-corrected chi connectivity index (χ4v) is 2.41. The number of aromatic nitrogens is 2. The number of hydrogen-bond acceptors (Lipinski definition) is 6. The van der Waals surface area contributed by atoms with Crippen LogP contribution in [0.3, 0.4) is 0 Å². The van der Waals surface area contributed by atoms with Crippen molar-refractivity contribution in [3.8, 4) is 11.5 Å². The number of nitrogens with zero attached hydrogens (tertiary/aromatic N) is 2. The van der Waals surface area contributed by atoms with E-state index in [0.717, 1.165) is 5.56 Å². The Morgan fingerprint density at radius 1 is 1.04 bits per heavy atom. The fraction of sp³-hybridized carbons (Fsp3) is 0.200. The van der Waals surface area contributed by atoms with Crippen LogP contribution in [0.15, 0.2) is 65.1 Å². The third kappa shape index (κ3) is 5.24. The van der Waals surface area contributed by atoms with E-state index in [1.54, 1.807) is 31.2 Å². The van der Waals surface area contributed by atoms with Gasteiger partial charge in [0.05, 0.1) is 6.42 Å². The first-order valence-electron chi connectivity index (χ1n) is 8.51. The number of carbonyl (C=O) groups excluding carboxylic acids is 2. The van der Waals surface area contributed by atoms with Crippen LogP contribution in [-0.2, 0) is 16.1 Å². The van der Waals surface area contributed by atoms with Gasteiger partial charge in [-0.05, 0) is 31.2 Å². The molecule has 0 saturated heterocycles. The SMILES string of the molecule is C[C@H](CC(=O)OCc1nnc(-c2ccccc2)o1)NC(=O)c1ccccc1. The minimum absolute atomic E-state index is 0.0399. The number of ether oxygens (including phenoxy) is 1. The van der Waals surface area contributed by atoms with Crippen molar-refractivity contribution in [2.75, 3.05) is 0 Å². The molecule has 1 atom stereocenters. The van der Waals surface area contributed by atoms with Gasteiger partial charge in [-0.1, -0.05) is 36.4 Å². The maximum absolute atomic E-state index is 12.1. The first-order valence-corrected chi connectivity index (χ1v) is 8.51. The molecule has 0 aliphatic carbocycles. The van der Waals surface area contributed by atoms with Crippen LogP contribution in [0.25, 0.3) is 11.5 Å². The molecule has 0 fully saturated rings. The highest BCUT2D eigenvalue weighted by Crippen LogP contribution is 2.17. The number of benzene rings is 2. The second-order valence-corrected chi connectivity index (χ2v) is 5.97. The predicted molar refractivity (Wildman–Crippen MR) is 97.5 cm³/mol. The lowest BCUT2D eigenvalue weighted by Crippen LogP contribution is -2.34. The lowest BCUT2D eigenvalue weighted by atomic mass is 10.2. The van der Waals surface area contributed by atoms with Crippen molar-refractivity contribution >= 4 is 11.9 Å². The van der Waals surface area contributed by atoms with Crippen molar-refractivity contribution in [2.45, 2.75) is 26.0 Å². The van der Waals surface area contributed by atoms with Crippen LogP contribution in [0, 0.1) is 0 Å². The van der Waals surface area contributed by atoms with E-state index in [1.165, 1.54) is 0 Å². The standard InChI is InChI=1S/C20H19N3O4/c1-14(21-19(25)15-8-4-2-5-9-15)12-18(24)26-13-17-22-23-20(27-17)16-10-6-3-7-11-16/h2-11,14H,12-13H2,1H3,(H,21,25)/t14-/m1/s1. The number of rotatable bonds is 7. The summed E-state index contributed by atoms with van der Waals surface area (Å²) in [5.74, 6) is -0.121. The van der Waals surface area contributed by atoms with Crippen LogP contribution in [0.4, 0.5) is 0 Å². The number of esters is 1. The Morgan fingerprint density at radius 3 is 2.41 bits per heavy atom. The van der Waals surface area contributed by atoms with Crippen molar-refractivity contribution in [3.05, 3.63) is 72.1 Å². The molecule has 3 aromatic rings. The predicted octanol–water partition coefficient (Wildman–Crippen LogP) is 2.99. The highest BCUT2D eigenvalue weighted by atomic mass is 16.5. The number of hydrogen-bond donors (Lipinski definition) is 1. The molecule has 1 heterocycles. The van der Waals surface area contributed by atoms with Crippen LogP contribution < -0.4 is 5.32 Å². The van der Waals surface area contributed by atoms with Gasteiger partial charge in [-0.2, -0.15) is 0 Å². The Balaban J connectivity index is 1.46. The third-order valence-corrected chi connectivity index (χ3v) is 3.73. The van der Waals surface area contributed by atoms with Crippen molar-refractivity contribution in [3.63, 3.8) is 0 Å². The molecule has 1 amide bonds. The molecule has 1 N–H and O–H groups in total. The molecule has 0 unspecified atom stereocenters. The molecule has 0 aliphatic rings. The fourth-order valence-electron chi connectivity index (χ4n) is 2.41. The summed E-state index contributed by atoms with van der Waals surface area (Å²) in [7, 11) is 0. The Hall–Kier alpha value is -3.48. The zero-order valence-electron chi connectivity index (χ0n) is 14.8. The minimum Gasteiger partial charge on any atom is -0.456 e. The average Bonchev–Trinajstić information content (AvgIpc) is 3.17. The molecule has 1 aromatic heterocycles. The van der Waals surface area contributed by atoms with Gasteiger partial charge in [-0.3, -0.25) is 9.59 Å². The molecule has 0 aliphatic heterocycles. The van der Waals surface area contributed by atoms with Crippen LogP contribution in [0.5, 0.6) is 0 Å². The molecule has 0 bridgehead atoms. The highest BCUT2D eigenvalue weighted by Gasteiger charge is 2.15. The quantitative estimate of drug-likeness (QED) is 0.647. The van der Waals surface area contributed by atoms with E-state index in [9.17, 15) is 9.59 Å². The summed E-state index contributed by atoms with van der Waals surface area (Å²) in [5, 5.41) is 10.6. The Morgan fingerprint density at radius 2 is 1.70 bits per heavy atom. The zero-order valence-corrected chi connectivity index (χ0v) is 14.8. The summed E-state index contributed by atoms with van der Waals surface area (Å²) in [6, 6.07) is 17.8. The van der Waals surface area contributed by atoms with Gasteiger partial charge in [0, 0.05) is 17.2 Å². The number of amides is 1. The van der Waals surface area contributed by atoms with Gasteiger partial charge in [0.2, 0.25) is 5.89 Å². The lowest BCUT2D eigenvalue weighted by Gasteiger charge is -2.13. The molecule has 0 radical (unpaired) electrons. The second kappa shape index (κ2) is 8.75. The molecular weight excluding hydrogens is 346 g/mol. The largest absolute Gasteiger partial charge is 0.456 e.